The van der Waals surface area contributed by atoms with E-state index in [1.165, 1.54) is 30.9 Å². The number of rotatable bonds is 10. The van der Waals surface area contributed by atoms with Crippen molar-refractivity contribution in [3.05, 3.63) is 242 Å². The van der Waals surface area contributed by atoms with Gasteiger partial charge in [-0.05, 0) is 89.8 Å². The fourth-order valence-corrected chi connectivity index (χ4v) is 9.19. The van der Waals surface area contributed by atoms with Crippen molar-refractivity contribution in [3.8, 4) is 16.8 Å². The molecule has 64 heavy (non-hydrogen) atoms. The summed E-state index contributed by atoms with van der Waals surface area (Å²) in [4.78, 5) is 9.82. The van der Waals surface area contributed by atoms with Crippen molar-refractivity contribution in [2.75, 3.05) is 5.32 Å². The molecular weight excluding hydrogens is 799 g/mol. The van der Waals surface area contributed by atoms with Gasteiger partial charge in [-0.3, -0.25) is 4.99 Å². The zero-order valence-corrected chi connectivity index (χ0v) is 36.5. The summed E-state index contributed by atoms with van der Waals surface area (Å²) in [5, 5.41) is 8.62. The first kappa shape index (κ1) is 41.3. The van der Waals surface area contributed by atoms with E-state index in [-0.39, 0.29) is 0 Å². The highest BCUT2D eigenvalue weighted by molar-refractivity contribution is 7.25. The van der Waals surface area contributed by atoms with E-state index in [1.54, 1.807) is 6.08 Å². The number of thiophene rings is 1. The van der Waals surface area contributed by atoms with E-state index in [0.29, 0.717) is 18.2 Å². The Morgan fingerprint density at radius 2 is 1.28 bits per heavy atom. The van der Waals surface area contributed by atoms with Crippen molar-refractivity contribution in [2.24, 2.45) is 15.7 Å². The van der Waals surface area contributed by atoms with Gasteiger partial charge in [0.2, 0.25) is 0 Å². The average Bonchev–Trinajstić information content (AvgIpc) is 3.87. The Morgan fingerprint density at radius 3 is 2.00 bits per heavy atom. The first-order valence-corrected chi connectivity index (χ1v) is 22.1. The number of para-hydroxylation sites is 1. The molecule has 0 bridgehead atoms. The molecular formula is C58H47N5S. The molecule has 2 heterocycles. The fourth-order valence-electron chi connectivity index (χ4n) is 8.07. The van der Waals surface area contributed by atoms with Crippen LogP contribution in [0.1, 0.15) is 29.2 Å². The summed E-state index contributed by atoms with van der Waals surface area (Å²) in [6.07, 6.45) is 7.51. The van der Waals surface area contributed by atoms with Crippen LogP contribution in [0.4, 0.5) is 11.4 Å². The molecule has 0 saturated heterocycles. The van der Waals surface area contributed by atoms with Gasteiger partial charge in [-0.15, -0.1) is 11.3 Å². The maximum atomic E-state index is 6.49. The maximum Gasteiger partial charge on any atom is 0.157 e. The molecule has 6 heteroatoms. The highest BCUT2D eigenvalue weighted by atomic mass is 32.1. The number of fused-ring (bicyclic) bond motifs is 6. The quantitative estimate of drug-likeness (QED) is 0.0818. The van der Waals surface area contributed by atoms with Crippen LogP contribution in [0.15, 0.2) is 229 Å². The second kappa shape index (κ2) is 18.9. The zero-order valence-electron chi connectivity index (χ0n) is 35.7. The van der Waals surface area contributed by atoms with Crippen molar-refractivity contribution in [1.29, 1.82) is 0 Å². The van der Waals surface area contributed by atoms with Gasteiger partial charge >= 0.3 is 0 Å². The van der Waals surface area contributed by atoms with Gasteiger partial charge < -0.3 is 15.6 Å². The smallest absolute Gasteiger partial charge is 0.157 e. The minimum Gasteiger partial charge on any atom is -0.383 e. The van der Waals surface area contributed by atoms with Gasteiger partial charge in [0, 0.05) is 59.1 Å². The zero-order chi connectivity index (χ0) is 43.8. The van der Waals surface area contributed by atoms with Gasteiger partial charge in [0.05, 0.1) is 17.6 Å². The Kier molecular flexibility index (Phi) is 12.2. The van der Waals surface area contributed by atoms with E-state index >= 15 is 0 Å². The highest BCUT2D eigenvalue weighted by Crippen LogP contribution is 2.42. The molecule has 0 fully saturated rings. The van der Waals surface area contributed by atoms with Gasteiger partial charge in [-0.2, -0.15) is 0 Å². The molecule has 0 aliphatic heterocycles. The van der Waals surface area contributed by atoms with Gasteiger partial charge in [0.1, 0.15) is 5.84 Å². The van der Waals surface area contributed by atoms with Gasteiger partial charge in [-0.25, -0.2) is 4.99 Å². The Labute approximate surface area is 378 Å². The number of benzene rings is 8. The van der Waals surface area contributed by atoms with Crippen LogP contribution in [0.3, 0.4) is 0 Å². The summed E-state index contributed by atoms with van der Waals surface area (Å²) in [5.41, 5.74) is 18.0. The molecule has 10 aromatic rings. The number of hydrogen-bond donors (Lipinski definition) is 2. The number of nitrogens with zero attached hydrogens (tertiary/aromatic N) is 3. The number of aliphatic imine (C=N–C) groups is 2. The maximum absolute atomic E-state index is 6.49. The first-order valence-electron chi connectivity index (χ1n) is 21.3. The summed E-state index contributed by atoms with van der Waals surface area (Å²) in [5.74, 6) is 1.03. The van der Waals surface area contributed by atoms with Crippen molar-refractivity contribution in [3.63, 3.8) is 0 Å². The third-order valence-corrected chi connectivity index (χ3v) is 12.3. The van der Waals surface area contributed by atoms with E-state index in [0.717, 1.165) is 61.5 Å². The molecule has 0 atom stereocenters. The fraction of sp³-hybridized carbons (Fsp3) is 0.0345. The van der Waals surface area contributed by atoms with Crippen LogP contribution in [0.25, 0.3) is 64.9 Å². The number of nitrogens with one attached hydrogen (secondary N) is 1. The van der Waals surface area contributed by atoms with E-state index in [2.05, 4.69) is 144 Å². The number of nitrogens with two attached hydrogens (primary N) is 1. The monoisotopic (exact) mass is 845 g/mol. The van der Waals surface area contributed by atoms with E-state index in [9.17, 15) is 0 Å². The minimum absolute atomic E-state index is 0.431. The van der Waals surface area contributed by atoms with Crippen LogP contribution in [0.2, 0.25) is 0 Å². The summed E-state index contributed by atoms with van der Waals surface area (Å²) in [6, 6.07) is 65.6. The van der Waals surface area contributed by atoms with E-state index in [4.69, 9.17) is 15.7 Å². The molecule has 3 N–H and O–H groups in total. The highest BCUT2D eigenvalue weighted by Gasteiger charge is 2.18. The lowest BCUT2D eigenvalue weighted by atomic mass is 10.0. The van der Waals surface area contributed by atoms with Crippen LogP contribution < -0.4 is 11.1 Å². The van der Waals surface area contributed by atoms with Gasteiger partial charge in [0.25, 0.3) is 0 Å². The van der Waals surface area contributed by atoms with Crippen molar-refractivity contribution in [1.82, 2.24) is 4.57 Å². The molecule has 0 unspecified atom stereocenters. The lowest BCUT2D eigenvalue weighted by Crippen LogP contribution is -2.16. The van der Waals surface area contributed by atoms with Gasteiger partial charge in [-0.1, -0.05) is 165 Å². The normalized spacial score (nSPS) is 11.9. The molecule has 0 amide bonds. The molecule has 0 saturated carbocycles. The number of anilines is 2. The summed E-state index contributed by atoms with van der Waals surface area (Å²) >= 11 is 1.84. The summed E-state index contributed by atoms with van der Waals surface area (Å²) in [7, 11) is 0. The molecule has 0 aliphatic carbocycles. The molecule has 310 valence electrons. The second-order valence-corrected chi connectivity index (χ2v) is 16.4. The Morgan fingerprint density at radius 1 is 0.625 bits per heavy atom. The molecule has 2 aromatic heterocycles. The largest absolute Gasteiger partial charge is 0.383 e. The van der Waals surface area contributed by atoms with E-state index < -0.39 is 0 Å². The number of aromatic nitrogens is 1. The van der Waals surface area contributed by atoms with Crippen LogP contribution in [0.5, 0.6) is 0 Å². The number of hydrogen-bond acceptors (Lipinski definition) is 3. The Hall–Kier alpha value is -8.06. The van der Waals surface area contributed by atoms with Crippen molar-refractivity contribution < 1.29 is 0 Å². The predicted octanol–water partition coefficient (Wildman–Crippen LogP) is 15.3. The molecule has 5 nitrogen and oxygen atoms in total. The SMILES string of the molecule is C=C/C=C\C.C=Cc1cc2c(cc1Nc1ccccc1)c1cc3c(cc1n2-c1cccc(-c2cccc(CN=C(N=C(N)c4ccccc4)c4ccccc4)c2)c1)sc1ccccc13. The van der Waals surface area contributed by atoms with E-state index in [1.807, 2.05) is 103 Å². The molecule has 0 spiro atoms. The first-order chi connectivity index (χ1) is 31.5. The Bertz CT molecular complexity index is 3370. The average molecular weight is 846 g/mol. The van der Waals surface area contributed by atoms with Crippen molar-refractivity contribution in [2.45, 2.75) is 13.5 Å². The lowest BCUT2D eigenvalue weighted by Gasteiger charge is -2.13. The van der Waals surface area contributed by atoms with Crippen LogP contribution in [-0.4, -0.2) is 16.2 Å². The van der Waals surface area contributed by atoms with Crippen LogP contribution in [-0.2, 0) is 6.54 Å². The molecule has 10 rings (SSSR count). The lowest BCUT2D eigenvalue weighted by molar-refractivity contribution is 1.06. The summed E-state index contributed by atoms with van der Waals surface area (Å²) < 4.78 is 4.97. The Balaban J connectivity index is 0.000000984. The number of amidine groups is 2. The molecule has 8 aromatic carbocycles. The van der Waals surface area contributed by atoms with Crippen LogP contribution in [0, 0.1) is 0 Å². The van der Waals surface area contributed by atoms with Gasteiger partial charge in [0.15, 0.2) is 5.84 Å². The minimum atomic E-state index is 0.431. The standard InChI is InChI=1S/C53H39N5S.C5H8/c1-2-36-30-48-45(32-47(36)56-41-23-10-5-11-24-41)44-31-46-43-26-12-13-27-50(43)59-51(46)33-49(44)58(48)42-25-15-22-40(29-42)39-21-14-16-35(28-39)34-55-53(38-19-8-4-9-20-38)57-52(54)37-17-6-3-7-18-37;1-3-5-4-2/h2-33,56H,1,34H2,(H2,54,55,57);3-5H,1H2,2H3/b;5-4-. The molecule has 0 radical (unpaired) electrons. The topological polar surface area (TPSA) is 67.7 Å². The third kappa shape index (κ3) is 8.68. The summed E-state index contributed by atoms with van der Waals surface area (Å²) in [6.45, 7) is 10.1. The molecule has 0 aliphatic rings. The number of allylic oxidation sites excluding steroid dienone is 3. The second-order valence-electron chi connectivity index (χ2n) is 15.3. The van der Waals surface area contributed by atoms with Crippen molar-refractivity contribution >= 4 is 82.4 Å². The third-order valence-electron chi connectivity index (χ3n) is 11.1. The van der Waals surface area contributed by atoms with Crippen LogP contribution >= 0.6 is 11.3 Å². The predicted molar refractivity (Wildman–Crippen MR) is 278 cm³/mol.